The highest BCUT2D eigenvalue weighted by Crippen LogP contribution is 2.28. The van der Waals surface area contributed by atoms with Gasteiger partial charge < -0.3 is 14.3 Å². The number of fused-ring (bicyclic) bond motifs is 1. The Morgan fingerprint density at radius 3 is 3.05 bits per heavy atom. The lowest BCUT2D eigenvalue weighted by atomic mass is 9.90. The SMILES string of the molecule is COc1ccccc1Cc1nc2c(o1)CCC(C(=O)O)C2. The fourth-order valence-corrected chi connectivity index (χ4v) is 2.73. The number of hydrogen-bond acceptors (Lipinski definition) is 4. The van der Waals surface area contributed by atoms with E-state index in [0.717, 1.165) is 22.8 Å². The zero-order valence-corrected chi connectivity index (χ0v) is 11.8. The van der Waals surface area contributed by atoms with E-state index in [1.165, 1.54) is 0 Å². The Kier molecular flexibility index (Phi) is 3.64. The summed E-state index contributed by atoms with van der Waals surface area (Å²) in [5, 5.41) is 9.10. The smallest absolute Gasteiger partial charge is 0.306 e. The zero-order chi connectivity index (χ0) is 14.8. The van der Waals surface area contributed by atoms with E-state index in [2.05, 4.69) is 4.98 Å². The van der Waals surface area contributed by atoms with Gasteiger partial charge in [-0.05, 0) is 12.5 Å². The molecule has 2 aromatic rings. The normalized spacial score (nSPS) is 17.3. The molecular weight excluding hydrogens is 270 g/mol. The van der Waals surface area contributed by atoms with Crippen LogP contribution in [0.2, 0.25) is 0 Å². The van der Waals surface area contributed by atoms with E-state index in [-0.39, 0.29) is 5.92 Å². The van der Waals surface area contributed by atoms with Crippen LogP contribution in [0, 0.1) is 5.92 Å². The molecule has 1 heterocycles. The number of carboxylic acid groups (broad SMARTS) is 1. The van der Waals surface area contributed by atoms with Gasteiger partial charge in [0.05, 0.1) is 25.1 Å². The van der Waals surface area contributed by atoms with Crippen LogP contribution >= 0.6 is 0 Å². The van der Waals surface area contributed by atoms with Crippen molar-refractivity contribution in [3.63, 3.8) is 0 Å². The number of rotatable bonds is 4. The quantitative estimate of drug-likeness (QED) is 0.935. The topological polar surface area (TPSA) is 72.6 Å². The highest BCUT2D eigenvalue weighted by molar-refractivity contribution is 5.70. The maximum atomic E-state index is 11.1. The van der Waals surface area contributed by atoms with Gasteiger partial charge in [0.15, 0.2) is 5.89 Å². The van der Waals surface area contributed by atoms with Gasteiger partial charge in [-0.25, -0.2) is 4.98 Å². The fraction of sp³-hybridized carbons (Fsp3) is 0.375. The minimum absolute atomic E-state index is 0.346. The van der Waals surface area contributed by atoms with Crippen LogP contribution in [-0.4, -0.2) is 23.2 Å². The molecule has 1 aromatic carbocycles. The van der Waals surface area contributed by atoms with Gasteiger partial charge in [-0.3, -0.25) is 4.79 Å². The number of carbonyl (C=O) groups is 1. The monoisotopic (exact) mass is 287 g/mol. The number of hydrogen-bond donors (Lipinski definition) is 1. The summed E-state index contributed by atoms with van der Waals surface area (Å²) in [6, 6.07) is 7.74. The van der Waals surface area contributed by atoms with Crippen molar-refractivity contribution >= 4 is 5.97 Å². The summed E-state index contributed by atoms with van der Waals surface area (Å²) in [5.74, 6) is 1.15. The third-order valence-corrected chi connectivity index (χ3v) is 3.87. The summed E-state index contributed by atoms with van der Waals surface area (Å²) in [6.45, 7) is 0. The molecule has 0 aliphatic heterocycles. The van der Waals surface area contributed by atoms with Crippen LogP contribution in [-0.2, 0) is 24.1 Å². The molecule has 0 radical (unpaired) electrons. The number of aryl methyl sites for hydroxylation is 1. The van der Waals surface area contributed by atoms with E-state index in [1.807, 2.05) is 24.3 Å². The Morgan fingerprint density at radius 2 is 2.29 bits per heavy atom. The first-order valence-electron chi connectivity index (χ1n) is 6.99. The van der Waals surface area contributed by atoms with Crippen LogP contribution < -0.4 is 4.74 Å². The Morgan fingerprint density at radius 1 is 1.48 bits per heavy atom. The van der Waals surface area contributed by atoms with E-state index >= 15 is 0 Å². The molecule has 0 fully saturated rings. The summed E-state index contributed by atoms with van der Waals surface area (Å²) >= 11 is 0. The van der Waals surface area contributed by atoms with Crippen LogP contribution in [0.1, 0.15) is 29.3 Å². The van der Waals surface area contributed by atoms with Crippen molar-refractivity contribution < 1.29 is 19.1 Å². The summed E-state index contributed by atoms with van der Waals surface area (Å²) in [5.41, 5.74) is 1.80. The molecule has 0 saturated carbocycles. The first-order valence-corrected chi connectivity index (χ1v) is 6.99. The maximum absolute atomic E-state index is 11.1. The summed E-state index contributed by atoms with van der Waals surface area (Å²) in [6.07, 6.45) is 2.27. The van der Waals surface area contributed by atoms with E-state index in [9.17, 15) is 4.79 Å². The van der Waals surface area contributed by atoms with E-state index in [4.69, 9.17) is 14.3 Å². The third kappa shape index (κ3) is 2.77. The minimum Gasteiger partial charge on any atom is -0.496 e. The average molecular weight is 287 g/mol. The summed E-state index contributed by atoms with van der Waals surface area (Å²) in [4.78, 5) is 15.5. The van der Waals surface area contributed by atoms with Gasteiger partial charge in [0.1, 0.15) is 11.5 Å². The van der Waals surface area contributed by atoms with Crippen LogP contribution in [0.25, 0.3) is 0 Å². The Bertz CT molecular complexity index is 662. The molecule has 21 heavy (non-hydrogen) atoms. The molecule has 1 atom stereocenters. The van der Waals surface area contributed by atoms with Crippen molar-refractivity contribution in [3.8, 4) is 5.75 Å². The number of para-hydroxylation sites is 1. The van der Waals surface area contributed by atoms with Crippen LogP contribution in [0.15, 0.2) is 28.7 Å². The van der Waals surface area contributed by atoms with Crippen molar-refractivity contribution in [3.05, 3.63) is 47.2 Å². The zero-order valence-electron chi connectivity index (χ0n) is 11.8. The predicted octanol–water partition coefficient (Wildman–Crippen LogP) is 2.46. The number of nitrogens with zero attached hydrogens (tertiary/aromatic N) is 1. The lowest BCUT2D eigenvalue weighted by Crippen LogP contribution is -2.21. The van der Waals surface area contributed by atoms with Gasteiger partial charge in [0.25, 0.3) is 0 Å². The molecule has 1 aliphatic carbocycles. The highest BCUT2D eigenvalue weighted by atomic mass is 16.5. The molecule has 0 saturated heterocycles. The number of aromatic nitrogens is 1. The van der Waals surface area contributed by atoms with Crippen LogP contribution in [0.5, 0.6) is 5.75 Å². The Labute approximate surface area is 122 Å². The van der Waals surface area contributed by atoms with E-state index < -0.39 is 5.97 Å². The van der Waals surface area contributed by atoms with Gasteiger partial charge >= 0.3 is 5.97 Å². The molecule has 1 aromatic heterocycles. The second kappa shape index (κ2) is 5.60. The molecule has 0 spiro atoms. The van der Waals surface area contributed by atoms with Gasteiger partial charge in [-0.2, -0.15) is 0 Å². The molecule has 1 aliphatic rings. The number of ether oxygens (including phenoxy) is 1. The molecule has 5 nitrogen and oxygen atoms in total. The Hall–Kier alpha value is -2.30. The maximum Gasteiger partial charge on any atom is 0.306 e. The third-order valence-electron chi connectivity index (χ3n) is 3.87. The number of methoxy groups -OCH3 is 1. The standard InChI is InChI=1S/C16H17NO4/c1-20-13-5-3-2-4-10(13)9-15-17-12-8-11(16(18)19)6-7-14(12)21-15/h2-5,11H,6-9H2,1H3,(H,18,19). The number of carboxylic acids is 1. The average Bonchev–Trinajstić information content (AvgIpc) is 2.89. The first kappa shape index (κ1) is 13.7. The highest BCUT2D eigenvalue weighted by Gasteiger charge is 2.28. The number of benzene rings is 1. The van der Waals surface area contributed by atoms with Gasteiger partial charge in [-0.1, -0.05) is 18.2 Å². The first-order chi connectivity index (χ1) is 10.2. The van der Waals surface area contributed by atoms with E-state index in [0.29, 0.717) is 31.6 Å². The molecule has 110 valence electrons. The summed E-state index contributed by atoms with van der Waals surface area (Å²) < 4.78 is 11.1. The van der Waals surface area contributed by atoms with Crippen molar-refractivity contribution in [2.45, 2.75) is 25.7 Å². The van der Waals surface area contributed by atoms with Crippen LogP contribution in [0.3, 0.4) is 0 Å². The van der Waals surface area contributed by atoms with Crippen LogP contribution in [0.4, 0.5) is 0 Å². The van der Waals surface area contributed by atoms with Gasteiger partial charge in [0.2, 0.25) is 0 Å². The van der Waals surface area contributed by atoms with Gasteiger partial charge in [-0.15, -0.1) is 0 Å². The largest absolute Gasteiger partial charge is 0.496 e. The molecule has 0 amide bonds. The Balaban J connectivity index is 1.81. The predicted molar refractivity (Wildman–Crippen MR) is 75.5 cm³/mol. The van der Waals surface area contributed by atoms with Crippen molar-refractivity contribution in [1.82, 2.24) is 4.98 Å². The molecule has 3 rings (SSSR count). The second-order valence-corrected chi connectivity index (χ2v) is 5.24. The van der Waals surface area contributed by atoms with Crippen molar-refractivity contribution in [2.24, 2.45) is 5.92 Å². The van der Waals surface area contributed by atoms with Gasteiger partial charge in [0, 0.05) is 18.4 Å². The lowest BCUT2D eigenvalue weighted by molar-refractivity contribution is -0.142. The molecule has 5 heteroatoms. The van der Waals surface area contributed by atoms with Crippen molar-refractivity contribution in [1.29, 1.82) is 0 Å². The van der Waals surface area contributed by atoms with Crippen molar-refractivity contribution in [2.75, 3.05) is 7.11 Å². The number of oxazole rings is 1. The molecule has 1 unspecified atom stereocenters. The molecule has 0 bridgehead atoms. The fourth-order valence-electron chi connectivity index (χ4n) is 2.73. The van der Waals surface area contributed by atoms with E-state index in [1.54, 1.807) is 7.11 Å². The summed E-state index contributed by atoms with van der Waals surface area (Å²) in [7, 11) is 1.64. The minimum atomic E-state index is -0.755. The number of aliphatic carboxylic acids is 1. The molecule has 1 N–H and O–H groups in total. The second-order valence-electron chi connectivity index (χ2n) is 5.24. The molecular formula is C16H17NO4. The lowest BCUT2D eigenvalue weighted by Gasteiger charge is -2.15.